The Kier molecular flexibility index (Phi) is 9.23. The van der Waals surface area contributed by atoms with E-state index in [2.05, 4.69) is 86.6 Å². The average molecular weight is 529 g/mol. The number of hydrogen-bond donors (Lipinski definition) is 0. The summed E-state index contributed by atoms with van der Waals surface area (Å²) in [4.78, 5) is 0. The average Bonchev–Trinajstić information content (AvgIpc) is 3.29. The van der Waals surface area contributed by atoms with E-state index in [0.717, 1.165) is 5.40 Å². The molecule has 0 aliphatic carbocycles. The first-order chi connectivity index (χ1) is 14.5. The number of halogens is 2. The minimum atomic E-state index is -1.96. The van der Waals surface area contributed by atoms with Crippen molar-refractivity contribution in [1.82, 2.24) is 0 Å². The van der Waals surface area contributed by atoms with Crippen LogP contribution in [-0.2, 0) is 18.3 Å². The number of benzene rings is 3. The van der Waals surface area contributed by atoms with Crippen LogP contribution in [0.5, 0.6) is 0 Å². The van der Waals surface area contributed by atoms with Gasteiger partial charge in [0.15, 0.2) is 0 Å². The third kappa shape index (κ3) is 7.40. The first-order valence-electron chi connectivity index (χ1n) is 9.70. The van der Waals surface area contributed by atoms with E-state index in [-0.39, 0.29) is 0 Å². The van der Waals surface area contributed by atoms with Crippen molar-refractivity contribution in [3.05, 3.63) is 114 Å². The van der Waals surface area contributed by atoms with Crippen molar-refractivity contribution in [2.45, 2.75) is 13.8 Å². The minimum absolute atomic E-state index is 1.16. The van der Waals surface area contributed by atoms with Gasteiger partial charge in [-0.05, 0) is 0 Å². The second-order valence-electron chi connectivity index (χ2n) is 7.01. The molecule has 0 aliphatic rings. The third-order valence-electron chi connectivity index (χ3n) is 4.49. The molecule has 0 aliphatic heterocycles. The Labute approximate surface area is 194 Å². The summed E-state index contributed by atoms with van der Waals surface area (Å²) in [6.07, 6.45) is 0. The second-order valence-corrected chi connectivity index (χ2v) is 22.0. The van der Waals surface area contributed by atoms with Crippen LogP contribution in [0.15, 0.2) is 103 Å². The van der Waals surface area contributed by atoms with Crippen molar-refractivity contribution in [3.8, 4) is 0 Å². The van der Waals surface area contributed by atoms with Gasteiger partial charge in [0, 0.05) is 0 Å². The molecule has 0 N–H and O–H groups in total. The van der Waals surface area contributed by atoms with Crippen molar-refractivity contribution < 1.29 is 18.3 Å². The molecule has 152 valence electrons. The van der Waals surface area contributed by atoms with Crippen LogP contribution in [0.1, 0.15) is 11.1 Å². The zero-order valence-corrected chi connectivity index (χ0v) is 21.9. The molecule has 0 spiro atoms. The van der Waals surface area contributed by atoms with E-state index in [1.54, 1.807) is 0 Å². The van der Waals surface area contributed by atoms with Crippen molar-refractivity contribution in [2.24, 2.45) is 0 Å². The van der Waals surface area contributed by atoms with Crippen LogP contribution in [0.25, 0.3) is 21.5 Å². The number of hydrogen-bond acceptors (Lipinski definition) is 0. The Morgan fingerprint density at radius 3 is 1.50 bits per heavy atom. The number of rotatable bonds is 1. The van der Waals surface area contributed by atoms with Crippen molar-refractivity contribution in [1.29, 1.82) is 0 Å². The van der Waals surface area contributed by atoms with Crippen LogP contribution in [0.3, 0.4) is 0 Å². The van der Waals surface area contributed by atoms with Crippen LogP contribution >= 0.6 is 22.4 Å². The fourth-order valence-electron chi connectivity index (χ4n) is 3.21. The van der Waals surface area contributed by atoms with Crippen molar-refractivity contribution in [3.63, 3.8) is 0 Å². The summed E-state index contributed by atoms with van der Waals surface area (Å²) in [5, 5.41) is 7.78. The zero-order valence-electron chi connectivity index (χ0n) is 17.0. The summed E-state index contributed by atoms with van der Waals surface area (Å²) in [5.41, 5.74) is 2.70. The monoisotopic (exact) mass is 526 g/mol. The molecule has 0 saturated carbocycles. The van der Waals surface area contributed by atoms with Crippen LogP contribution < -0.4 is 5.30 Å². The summed E-state index contributed by atoms with van der Waals surface area (Å²) in [7, 11) is 11.5. The van der Waals surface area contributed by atoms with Crippen LogP contribution in [0.2, 0.25) is 0 Å². The fraction of sp³-hybridized carbons (Fsp3) is 0.0769. The summed E-state index contributed by atoms with van der Waals surface area (Å²) >= 11 is -1.96. The van der Waals surface area contributed by atoms with Gasteiger partial charge < -0.3 is 0 Å². The van der Waals surface area contributed by atoms with Gasteiger partial charge >= 0.3 is 76.3 Å². The number of aryl methyl sites for hydroxylation is 2. The van der Waals surface area contributed by atoms with E-state index in [4.69, 9.17) is 17.0 Å². The molecule has 5 aromatic carbocycles. The summed E-state index contributed by atoms with van der Waals surface area (Å²) in [6.45, 7) is 4.25. The molecule has 0 unspecified atom stereocenters. The van der Waals surface area contributed by atoms with Gasteiger partial charge in [0.2, 0.25) is 0 Å². The molecule has 0 bridgehead atoms. The molecule has 0 amide bonds. The first kappa shape index (κ1) is 23.3. The van der Waals surface area contributed by atoms with E-state index >= 15 is 0 Å². The molecule has 0 nitrogen and oxygen atoms in total. The molecule has 4 heteroatoms. The van der Waals surface area contributed by atoms with E-state index in [9.17, 15) is 0 Å². The van der Waals surface area contributed by atoms with Gasteiger partial charge in [-0.15, -0.1) is 81.2 Å². The van der Waals surface area contributed by atoms with Gasteiger partial charge in [-0.25, -0.2) is 0 Å². The van der Waals surface area contributed by atoms with Gasteiger partial charge in [0.1, 0.15) is 0 Å². The Morgan fingerprint density at radius 2 is 1.07 bits per heavy atom. The summed E-state index contributed by atoms with van der Waals surface area (Å²) < 4.78 is 0. The topological polar surface area (TPSA) is 0 Å². The molecule has 0 fully saturated rings. The van der Waals surface area contributed by atoms with E-state index in [0.29, 0.717) is 0 Å². The van der Waals surface area contributed by atoms with Gasteiger partial charge in [0.05, 0.1) is 0 Å². The summed E-state index contributed by atoms with van der Waals surface area (Å²) in [5.74, 6) is 0. The van der Waals surface area contributed by atoms with Crippen LogP contribution in [-0.4, -0.2) is 0 Å². The first-order valence-corrected chi connectivity index (χ1v) is 20.2. The standard InChI is InChI=1S/2C10H9.C6H5P.2ClH.Zr/c2*1-8-6-9-4-2-3-5-10(9)7-8;7-6-4-2-1-3-5-6;;;/h2*2-7H,1H3;1-5H;2*1H;/q2*-1;;;;+2/p-2. The molecule has 5 rings (SSSR count). The van der Waals surface area contributed by atoms with E-state index in [1.165, 1.54) is 38.0 Å². The SMILES string of the molecule is Cc1cc2ccccc2[cH-]1.Cc1cc2ccccc2[cH-]1.[Cl][Zr]([Cl])=[P]c1ccccc1. The van der Waals surface area contributed by atoms with E-state index in [1.807, 2.05) is 30.3 Å². The molecule has 0 heterocycles. The fourth-order valence-corrected chi connectivity index (χ4v) is 9.73. The van der Waals surface area contributed by atoms with Crippen molar-refractivity contribution >= 4 is 49.3 Å². The third-order valence-corrected chi connectivity index (χ3v) is 11.4. The summed E-state index contributed by atoms with van der Waals surface area (Å²) in [6, 6.07) is 35.8. The molecule has 30 heavy (non-hydrogen) atoms. The normalized spacial score (nSPS) is 10.3. The number of fused-ring (bicyclic) bond motifs is 2. The molecule has 0 saturated heterocycles. The Hall–Kier alpha value is -1.36. The molecular weight excluding hydrogens is 505 g/mol. The van der Waals surface area contributed by atoms with Gasteiger partial charge in [0.25, 0.3) is 0 Å². The quantitative estimate of drug-likeness (QED) is 0.151. The second kappa shape index (κ2) is 11.9. The van der Waals surface area contributed by atoms with E-state index < -0.39 is 18.3 Å². The predicted molar refractivity (Wildman–Crippen MR) is 133 cm³/mol. The van der Waals surface area contributed by atoms with Gasteiger partial charge in [-0.2, -0.15) is 12.1 Å². The predicted octanol–water partition coefficient (Wildman–Crippen LogP) is 8.83. The molecule has 0 radical (unpaired) electrons. The molecule has 5 aromatic rings. The van der Waals surface area contributed by atoms with Crippen molar-refractivity contribution in [2.75, 3.05) is 0 Å². The van der Waals surface area contributed by atoms with Crippen LogP contribution in [0.4, 0.5) is 0 Å². The Morgan fingerprint density at radius 1 is 0.633 bits per heavy atom. The van der Waals surface area contributed by atoms with Gasteiger partial charge in [-0.1, -0.05) is 26.0 Å². The maximum atomic E-state index is 5.76. The van der Waals surface area contributed by atoms with Gasteiger partial charge in [-0.3, -0.25) is 0 Å². The Bertz CT molecular complexity index is 1090. The maximum absolute atomic E-state index is 5.76. The zero-order chi connectivity index (χ0) is 21.3. The molecular formula is C26H23Cl2PZr-2. The Balaban J connectivity index is 0.000000128. The van der Waals surface area contributed by atoms with Crippen LogP contribution in [0, 0.1) is 13.8 Å². The molecule has 0 aromatic heterocycles. The molecule has 0 atom stereocenters.